The summed E-state index contributed by atoms with van der Waals surface area (Å²) >= 11 is 5.89. The van der Waals surface area contributed by atoms with Crippen molar-refractivity contribution in [1.29, 1.82) is 0 Å². The maximum Gasteiger partial charge on any atom is 0.170 e. The van der Waals surface area contributed by atoms with E-state index in [-0.39, 0.29) is 12.1 Å². The molecular weight excluding hydrogens is 364 g/mol. The molecule has 2 aromatic heterocycles. The normalized spacial score (nSPS) is 23.5. The van der Waals surface area contributed by atoms with Crippen LogP contribution in [0.4, 0.5) is 0 Å². The molecule has 2 fully saturated rings. The highest BCUT2D eigenvalue weighted by Gasteiger charge is 2.44. The first kappa shape index (κ1) is 19.4. The first-order chi connectivity index (χ1) is 13.5. The first-order valence-electron chi connectivity index (χ1n) is 10.7. The van der Waals surface area contributed by atoms with Gasteiger partial charge in [0.15, 0.2) is 5.11 Å². The van der Waals surface area contributed by atoms with E-state index in [1.807, 2.05) is 12.3 Å². The van der Waals surface area contributed by atoms with Crippen molar-refractivity contribution in [2.24, 2.45) is 0 Å². The Labute approximate surface area is 174 Å². The van der Waals surface area contributed by atoms with Gasteiger partial charge in [-0.3, -0.25) is 4.98 Å². The summed E-state index contributed by atoms with van der Waals surface area (Å²) in [5.74, 6) is 0. The predicted octanol–water partition coefficient (Wildman–Crippen LogP) is 5.39. The average molecular weight is 397 g/mol. The van der Waals surface area contributed by atoms with Crippen molar-refractivity contribution in [2.45, 2.75) is 84.0 Å². The van der Waals surface area contributed by atoms with Gasteiger partial charge in [0.1, 0.15) is 0 Å². The van der Waals surface area contributed by atoms with Gasteiger partial charge in [0.2, 0.25) is 0 Å². The Morgan fingerprint density at radius 2 is 1.89 bits per heavy atom. The summed E-state index contributed by atoms with van der Waals surface area (Å²) < 4.78 is 2.45. The molecule has 1 N–H and O–H groups in total. The Kier molecular flexibility index (Phi) is 5.46. The zero-order valence-electron chi connectivity index (χ0n) is 17.5. The van der Waals surface area contributed by atoms with Crippen LogP contribution in [-0.4, -0.2) is 25.6 Å². The number of hydrogen-bond acceptors (Lipinski definition) is 2. The van der Waals surface area contributed by atoms with Crippen LogP contribution in [0.2, 0.25) is 0 Å². The molecule has 0 amide bonds. The predicted molar refractivity (Wildman–Crippen MR) is 118 cm³/mol. The minimum absolute atomic E-state index is 0.0942. The lowest BCUT2D eigenvalue weighted by atomic mass is 9.90. The van der Waals surface area contributed by atoms with Crippen LogP contribution in [0, 0.1) is 13.8 Å². The number of nitrogens with zero attached hydrogens (tertiary/aromatic N) is 3. The molecule has 1 saturated carbocycles. The highest BCUT2D eigenvalue weighted by atomic mass is 32.1. The molecule has 2 aromatic rings. The summed E-state index contributed by atoms with van der Waals surface area (Å²) in [6.07, 6.45) is 8.30. The first-order valence-corrected chi connectivity index (χ1v) is 11.1. The lowest BCUT2D eigenvalue weighted by Crippen LogP contribution is -2.40. The van der Waals surface area contributed by atoms with Gasteiger partial charge in [-0.2, -0.15) is 0 Å². The number of aryl methyl sites for hydroxylation is 1. The second-order valence-corrected chi connectivity index (χ2v) is 9.00. The number of thiocarbonyl (C=S) groups is 1. The van der Waals surface area contributed by atoms with Crippen LogP contribution in [-0.2, 0) is 0 Å². The largest absolute Gasteiger partial charge is 0.352 e. The van der Waals surface area contributed by atoms with Crippen LogP contribution in [0.1, 0.15) is 86.7 Å². The van der Waals surface area contributed by atoms with Gasteiger partial charge in [-0.05, 0) is 76.5 Å². The van der Waals surface area contributed by atoms with Gasteiger partial charge < -0.3 is 14.8 Å². The van der Waals surface area contributed by atoms with Crippen LogP contribution in [0.15, 0.2) is 30.5 Å². The molecule has 1 aliphatic heterocycles. The molecule has 0 aromatic carbocycles. The highest BCUT2D eigenvalue weighted by Crippen LogP contribution is 2.44. The Balaban J connectivity index is 1.81. The minimum atomic E-state index is 0.0942. The molecule has 1 aliphatic carbocycles. The SMILES string of the molecule is Cc1cc([C@H]2[C@@H](c3ccccn3)NC(=S)N2C2CCCCC2)c(C)n1C(C)C. The van der Waals surface area contributed by atoms with Gasteiger partial charge in [0, 0.05) is 29.7 Å². The van der Waals surface area contributed by atoms with Crippen molar-refractivity contribution in [3.8, 4) is 0 Å². The molecule has 2 atom stereocenters. The fourth-order valence-electron chi connectivity index (χ4n) is 5.35. The third-order valence-electron chi connectivity index (χ3n) is 6.46. The summed E-state index contributed by atoms with van der Waals surface area (Å²) in [5.41, 5.74) is 5.14. The molecule has 4 rings (SSSR count). The smallest absolute Gasteiger partial charge is 0.170 e. The van der Waals surface area contributed by atoms with Crippen LogP contribution in [0.5, 0.6) is 0 Å². The molecule has 0 bridgehead atoms. The minimum Gasteiger partial charge on any atom is -0.352 e. The number of nitrogens with one attached hydrogen (secondary N) is 1. The van der Waals surface area contributed by atoms with E-state index in [1.54, 1.807) is 0 Å². The number of aromatic nitrogens is 2. The third-order valence-corrected chi connectivity index (χ3v) is 6.79. The van der Waals surface area contributed by atoms with Crippen LogP contribution >= 0.6 is 12.2 Å². The van der Waals surface area contributed by atoms with E-state index in [0.717, 1.165) is 10.8 Å². The number of hydrogen-bond donors (Lipinski definition) is 1. The van der Waals surface area contributed by atoms with E-state index in [9.17, 15) is 0 Å². The molecule has 1 saturated heterocycles. The molecule has 0 radical (unpaired) electrons. The van der Waals surface area contributed by atoms with E-state index < -0.39 is 0 Å². The van der Waals surface area contributed by atoms with E-state index >= 15 is 0 Å². The summed E-state index contributed by atoms with van der Waals surface area (Å²) in [6, 6.07) is 9.82. The van der Waals surface area contributed by atoms with E-state index in [1.165, 1.54) is 49.1 Å². The molecular formula is C23H32N4S. The highest BCUT2D eigenvalue weighted by molar-refractivity contribution is 7.80. The molecule has 5 heteroatoms. The maximum absolute atomic E-state index is 5.89. The zero-order chi connectivity index (χ0) is 19.8. The molecule has 0 unspecified atom stereocenters. The Morgan fingerprint density at radius 1 is 1.14 bits per heavy atom. The number of rotatable bonds is 4. The van der Waals surface area contributed by atoms with Crippen molar-refractivity contribution in [2.75, 3.05) is 0 Å². The van der Waals surface area contributed by atoms with E-state index in [4.69, 9.17) is 12.2 Å². The van der Waals surface area contributed by atoms with Gasteiger partial charge in [0.25, 0.3) is 0 Å². The fraction of sp³-hybridized carbons (Fsp3) is 0.565. The molecule has 4 nitrogen and oxygen atoms in total. The van der Waals surface area contributed by atoms with E-state index in [2.05, 4.69) is 65.7 Å². The Hall–Kier alpha value is -1.88. The number of pyridine rings is 1. The van der Waals surface area contributed by atoms with Gasteiger partial charge in [-0.1, -0.05) is 25.3 Å². The van der Waals surface area contributed by atoms with Crippen molar-refractivity contribution in [3.63, 3.8) is 0 Å². The lowest BCUT2D eigenvalue weighted by molar-refractivity contribution is 0.196. The molecule has 2 aliphatic rings. The van der Waals surface area contributed by atoms with Crippen LogP contribution in [0.3, 0.4) is 0 Å². The van der Waals surface area contributed by atoms with Gasteiger partial charge >= 0.3 is 0 Å². The van der Waals surface area contributed by atoms with Crippen LogP contribution < -0.4 is 5.32 Å². The van der Waals surface area contributed by atoms with Crippen molar-refractivity contribution < 1.29 is 0 Å². The second-order valence-electron chi connectivity index (χ2n) is 8.62. The summed E-state index contributed by atoms with van der Waals surface area (Å²) in [7, 11) is 0. The van der Waals surface area contributed by atoms with Gasteiger partial charge in [0.05, 0.1) is 17.8 Å². The fourth-order valence-corrected chi connectivity index (χ4v) is 5.74. The molecule has 150 valence electrons. The topological polar surface area (TPSA) is 33.1 Å². The average Bonchev–Trinajstić information content (AvgIpc) is 3.18. The van der Waals surface area contributed by atoms with Crippen molar-refractivity contribution in [1.82, 2.24) is 19.8 Å². The molecule has 0 spiro atoms. The quantitative estimate of drug-likeness (QED) is 0.703. The molecule has 28 heavy (non-hydrogen) atoms. The second kappa shape index (κ2) is 7.86. The van der Waals surface area contributed by atoms with Crippen molar-refractivity contribution >= 4 is 17.3 Å². The van der Waals surface area contributed by atoms with Gasteiger partial charge in [-0.25, -0.2) is 0 Å². The Bertz CT molecular complexity index is 836. The third kappa shape index (κ3) is 3.34. The summed E-state index contributed by atoms with van der Waals surface area (Å²) in [6.45, 7) is 9.00. The zero-order valence-corrected chi connectivity index (χ0v) is 18.3. The summed E-state index contributed by atoms with van der Waals surface area (Å²) in [5, 5.41) is 4.53. The van der Waals surface area contributed by atoms with E-state index in [0.29, 0.717) is 12.1 Å². The molecule has 3 heterocycles. The summed E-state index contributed by atoms with van der Waals surface area (Å²) in [4.78, 5) is 7.20. The standard InChI is InChI=1S/C23H32N4S/c1-15(2)26-16(3)14-19(17(26)4)22-21(20-12-8-9-13-24-20)25-23(28)27(22)18-10-6-5-7-11-18/h8-9,12-15,18,21-22H,5-7,10-11H2,1-4H3,(H,25,28)/t21-,22+/m1/s1. The van der Waals surface area contributed by atoms with Crippen LogP contribution in [0.25, 0.3) is 0 Å². The Morgan fingerprint density at radius 3 is 2.50 bits per heavy atom. The van der Waals surface area contributed by atoms with Crippen molar-refractivity contribution in [3.05, 3.63) is 53.1 Å². The van der Waals surface area contributed by atoms with Gasteiger partial charge in [-0.15, -0.1) is 0 Å². The maximum atomic E-state index is 5.89. The lowest BCUT2D eigenvalue weighted by Gasteiger charge is -2.37. The monoisotopic (exact) mass is 396 g/mol.